The van der Waals surface area contributed by atoms with Gasteiger partial charge < -0.3 is 10.2 Å². The molecule has 0 radical (unpaired) electrons. The zero-order valence-corrected chi connectivity index (χ0v) is 15.6. The molecule has 1 unspecified atom stereocenters. The van der Waals surface area contributed by atoms with Gasteiger partial charge in [0.15, 0.2) is 0 Å². The third-order valence-electron chi connectivity index (χ3n) is 4.45. The van der Waals surface area contributed by atoms with Gasteiger partial charge in [0.2, 0.25) is 5.91 Å². The van der Waals surface area contributed by atoms with Crippen LogP contribution in [0.5, 0.6) is 0 Å². The third kappa shape index (κ3) is 4.04. The molecule has 0 spiro atoms. The van der Waals surface area contributed by atoms with E-state index in [0.29, 0.717) is 12.3 Å². The second-order valence-corrected chi connectivity index (χ2v) is 7.28. The van der Waals surface area contributed by atoms with Gasteiger partial charge in [-0.1, -0.05) is 6.92 Å². The summed E-state index contributed by atoms with van der Waals surface area (Å²) < 4.78 is 0.940. The summed E-state index contributed by atoms with van der Waals surface area (Å²) in [5.74, 6) is 0.647. The normalized spacial score (nSPS) is 17.9. The molecule has 0 bridgehead atoms. The number of aromatic nitrogens is 2. The smallest absolute Gasteiger partial charge is 0.219 e. The molecule has 1 amide bonds. The summed E-state index contributed by atoms with van der Waals surface area (Å²) in [6.45, 7) is 4.76. The molecule has 2 aromatic heterocycles. The van der Waals surface area contributed by atoms with E-state index in [1.54, 1.807) is 0 Å². The minimum atomic E-state index is 0.163. The Bertz CT molecular complexity index is 721. The van der Waals surface area contributed by atoms with Crippen molar-refractivity contribution in [3.8, 4) is 0 Å². The molecule has 5 nitrogen and oxygen atoms in total. The van der Waals surface area contributed by atoms with Crippen molar-refractivity contribution in [3.63, 3.8) is 0 Å². The average Bonchev–Trinajstić information content (AvgIpc) is 2.60. The fourth-order valence-corrected chi connectivity index (χ4v) is 3.59. The van der Waals surface area contributed by atoms with Gasteiger partial charge in [-0.3, -0.25) is 14.8 Å². The van der Waals surface area contributed by atoms with Gasteiger partial charge in [-0.25, -0.2) is 0 Å². The summed E-state index contributed by atoms with van der Waals surface area (Å²) >= 11 is 3.45. The second kappa shape index (κ2) is 7.92. The largest absolute Gasteiger partial charge is 0.369 e. The monoisotopic (exact) mass is 390 g/mol. The molecule has 1 saturated heterocycles. The number of hydrogen-bond donors (Lipinski definition) is 1. The van der Waals surface area contributed by atoms with Crippen molar-refractivity contribution in [1.29, 1.82) is 0 Å². The van der Waals surface area contributed by atoms with Crippen LogP contribution in [0.2, 0.25) is 0 Å². The Morgan fingerprint density at radius 2 is 2.33 bits per heavy atom. The Morgan fingerprint density at radius 1 is 1.46 bits per heavy atom. The van der Waals surface area contributed by atoms with Gasteiger partial charge in [-0.2, -0.15) is 0 Å². The standard InChI is InChI=1S/C18H23BrN4O/c1-2-4-17(24)21-10-13-5-3-8-23(12-13)16-6-7-20-15-9-14(19)11-22-18(15)16/h6-7,9,11,13H,2-5,8,10,12H2,1H3,(H,21,24). The summed E-state index contributed by atoms with van der Waals surface area (Å²) in [6, 6.07) is 4.04. The molecule has 0 aliphatic carbocycles. The van der Waals surface area contributed by atoms with Gasteiger partial charge in [0.1, 0.15) is 5.52 Å². The third-order valence-corrected chi connectivity index (χ3v) is 4.88. The summed E-state index contributed by atoms with van der Waals surface area (Å²) in [5, 5.41) is 3.07. The van der Waals surface area contributed by atoms with Gasteiger partial charge in [-0.05, 0) is 53.2 Å². The van der Waals surface area contributed by atoms with Crippen LogP contribution >= 0.6 is 15.9 Å². The SMILES string of the molecule is CCCC(=O)NCC1CCCN(c2ccnc3cc(Br)cnc23)C1. The van der Waals surface area contributed by atoms with Gasteiger partial charge in [0.05, 0.1) is 11.2 Å². The first kappa shape index (κ1) is 17.1. The number of pyridine rings is 2. The first-order valence-corrected chi connectivity index (χ1v) is 9.38. The maximum absolute atomic E-state index is 11.7. The molecule has 0 aromatic carbocycles. The van der Waals surface area contributed by atoms with Crippen molar-refractivity contribution >= 4 is 38.6 Å². The van der Waals surface area contributed by atoms with E-state index in [1.165, 1.54) is 0 Å². The van der Waals surface area contributed by atoms with Crippen molar-refractivity contribution in [2.24, 2.45) is 5.92 Å². The zero-order chi connectivity index (χ0) is 16.9. The van der Waals surface area contributed by atoms with Crippen molar-refractivity contribution in [3.05, 3.63) is 29.0 Å². The molecular formula is C18H23BrN4O. The molecule has 128 valence electrons. The number of anilines is 1. The quantitative estimate of drug-likeness (QED) is 0.847. The number of amides is 1. The van der Waals surface area contributed by atoms with E-state index in [1.807, 2.05) is 31.5 Å². The Labute approximate surface area is 151 Å². The van der Waals surface area contributed by atoms with E-state index in [9.17, 15) is 4.79 Å². The molecule has 1 fully saturated rings. The average molecular weight is 391 g/mol. The van der Waals surface area contributed by atoms with Crippen LogP contribution < -0.4 is 10.2 Å². The van der Waals surface area contributed by atoms with Crippen LogP contribution in [0.15, 0.2) is 29.0 Å². The predicted octanol–water partition coefficient (Wildman–Crippen LogP) is 3.53. The highest BCUT2D eigenvalue weighted by atomic mass is 79.9. The number of hydrogen-bond acceptors (Lipinski definition) is 4. The van der Waals surface area contributed by atoms with E-state index in [4.69, 9.17) is 0 Å². The van der Waals surface area contributed by atoms with Gasteiger partial charge in [0.25, 0.3) is 0 Å². The van der Waals surface area contributed by atoms with Gasteiger partial charge in [0, 0.05) is 42.9 Å². The molecular weight excluding hydrogens is 368 g/mol. The van der Waals surface area contributed by atoms with E-state index >= 15 is 0 Å². The van der Waals surface area contributed by atoms with E-state index in [0.717, 1.165) is 60.1 Å². The van der Waals surface area contributed by atoms with Crippen LogP contribution in [-0.4, -0.2) is 35.5 Å². The first-order valence-electron chi connectivity index (χ1n) is 8.59. The number of fused-ring (bicyclic) bond motifs is 1. The Hall–Kier alpha value is -1.69. The first-order chi connectivity index (χ1) is 11.7. The van der Waals surface area contributed by atoms with Crippen LogP contribution in [0.25, 0.3) is 11.0 Å². The summed E-state index contributed by atoms with van der Waals surface area (Å²) in [5.41, 5.74) is 2.98. The number of halogens is 1. The van der Waals surface area contributed by atoms with Crippen molar-refractivity contribution in [2.75, 3.05) is 24.5 Å². The van der Waals surface area contributed by atoms with Crippen LogP contribution in [0, 0.1) is 5.92 Å². The highest BCUT2D eigenvalue weighted by molar-refractivity contribution is 9.10. The molecule has 3 rings (SSSR count). The minimum absolute atomic E-state index is 0.163. The molecule has 2 aromatic rings. The minimum Gasteiger partial charge on any atom is -0.369 e. The van der Waals surface area contributed by atoms with Crippen LogP contribution in [0.4, 0.5) is 5.69 Å². The lowest BCUT2D eigenvalue weighted by atomic mass is 9.97. The number of carbonyl (C=O) groups is 1. The Balaban J connectivity index is 1.72. The molecule has 0 saturated carbocycles. The molecule has 24 heavy (non-hydrogen) atoms. The highest BCUT2D eigenvalue weighted by Crippen LogP contribution is 2.29. The topological polar surface area (TPSA) is 58.1 Å². The van der Waals surface area contributed by atoms with Crippen LogP contribution in [0.3, 0.4) is 0 Å². The number of nitrogens with zero attached hydrogens (tertiary/aromatic N) is 3. The van der Waals surface area contributed by atoms with Crippen LogP contribution in [0.1, 0.15) is 32.6 Å². The maximum atomic E-state index is 11.7. The molecule has 1 aliphatic rings. The van der Waals surface area contributed by atoms with Crippen LogP contribution in [-0.2, 0) is 4.79 Å². The van der Waals surface area contributed by atoms with Crippen molar-refractivity contribution in [2.45, 2.75) is 32.6 Å². The Morgan fingerprint density at radius 3 is 3.17 bits per heavy atom. The van der Waals surface area contributed by atoms with Gasteiger partial charge >= 0.3 is 0 Å². The highest BCUT2D eigenvalue weighted by Gasteiger charge is 2.22. The fourth-order valence-electron chi connectivity index (χ4n) is 3.27. The van der Waals surface area contributed by atoms with Gasteiger partial charge in [-0.15, -0.1) is 0 Å². The number of piperidine rings is 1. The predicted molar refractivity (Wildman–Crippen MR) is 100 cm³/mol. The van der Waals surface area contributed by atoms with E-state index < -0.39 is 0 Å². The molecule has 1 atom stereocenters. The lowest BCUT2D eigenvalue weighted by molar-refractivity contribution is -0.121. The second-order valence-electron chi connectivity index (χ2n) is 6.36. The summed E-state index contributed by atoms with van der Waals surface area (Å²) in [4.78, 5) is 23.1. The number of rotatable bonds is 5. The molecule has 1 aliphatic heterocycles. The summed E-state index contributed by atoms with van der Waals surface area (Å²) in [7, 11) is 0. The summed E-state index contributed by atoms with van der Waals surface area (Å²) in [6.07, 6.45) is 7.47. The molecule has 3 heterocycles. The molecule has 1 N–H and O–H groups in total. The lowest BCUT2D eigenvalue weighted by Gasteiger charge is -2.34. The lowest BCUT2D eigenvalue weighted by Crippen LogP contribution is -2.41. The van der Waals surface area contributed by atoms with Crippen molar-refractivity contribution < 1.29 is 4.79 Å². The Kier molecular flexibility index (Phi) is 5.66. The van der Waals surface area contributed by atoms with Crippen molar-refractivity contribution in [1.82, 2.24) is 15.3 Å². The fraction of sp³-hybridized carbons (Fsp3) is 0.500. The zero-order valence-electron chi connectivity index (χ0n) is 14.0. The maximum Gasteiger partial charge on any atom is 0.219 e. The molecule has 6 heteroatoms. The van der Waals surface area contributed by atoms with E-state index in [2.05, 4.69) is 36.1 Å². The number of carbonyl (C=O) groups excluding carboxylic acids is 1. The number of nitrogens with one attached hydrogen (secondary N) is 1. The van der Waals surface area contributed by atoms with E-state index in [-0.39, 0.29) is 5.91 Å².